The first-order chi connectivity index (χ1) is 59.8. The van der Waals surface area contributed by atoms with E-state index in [4.69, 9.17) is 8.83 Å². The number of aromatic nitrogens is 2. The number of benzene rings is 16. The number of thiophene rings is 4. The van der Waals surface area contributed by atoms with E-state index >= 15 is 0 Å². The lowest BCUT2D eigenvalue weighted by molar-refractivity contribution is 0.666. The molecule has 24 rings (SSSR count). The molecule has 592 valence electrons. The maximum Gasteiger partial charge on any atom is 0.138 e. The van der Waals surface area contributed by atoms with Crippen LogP contribution in [0.1, 0.15) is 44.6 Å². The van der Waals surface area contributed by atoms with Gasteiger partial charge in [-0.1, -0.05) is 331 Å². The lowest BCUT2D eigenvalue weighted by Gasteiger charge is -2.05. The molecule has 0 aliphatic rings. The second kappa shape index (κ2) is 37.3. The average Bonchev–Trinajstić information content (AvgIpc) is 1.66. The molecule has 0 bridgehead atoms. The summed E-state index contributed by atoms with van der Waals surface area (Å²) in [5.74, 6) is 0. The van der Waals surface area contributed by atoms with Crippen molar-refractivity contribution in [3.63, 3.8) is 0 Å². The van der Waals surface area contributed by atoms with Gasteiger partial charge in [-0.05, 0) is 190 Å². The number of furan rings is 2. The molecule has 0 saturated carbocycles. The van der Waals surface area contributed by atoms with E-state index in [0.717, 1.165) is 28.0 Å². The third-order valence-corrected chi connectivity index (χ3v) is 26.8. The minimum absolute atomic E-state index is 0.966. The van der Waals surface area contributed by atoms with Crippen molar-refractivity contribution in [2.24, 2.45) is 0 Å². The zero-order valence-electron chi connectivity index (χ0n) is 69.4. The van der Waals surface area contributed by atoms with Gasteiger partial charge in [0.2, 0.25) is 0 Å². The topological polar surface area (TPSA) is 52.1 Å². The van der Waals surface area contributed by atoms with E-state index in [1.54, 1.807) is 0 Å². The van der Waals surface area contributed by atoms with Crippen molar-refractivity contribution >= 4 is 170 Å². The van der Waals surface area contributed by atoms with Crippen LogP contribution in [-0.4, -0.2) is 9.97 Å². The Bertz CT molecular complexity index is 7150. The van der Waals surface area contributed by atoms with Gasteiger partial charge in [-0.2, -0.15) is 0 Å². The van der Waals surface area contributed by atoms with E-state index < -0.39 is 0 Å². The largest absolute Gasteiger partial charge is 0.456 e. The smallest absolute Gasteiger partial charge is 0.138 e. The number of aryl methyl sites for hydroxylation is 8. The molecule has 122 heavy (non-hydrogen) atoms. The average molecular weight is 1650 g/mol. The zero-order valence-corrected chi connectivity index (χ0v) is 72.7. The van der Waals surface area contributed by atoms with Gasteiger partial charge >= 0.3 is 0 Å². The Morgan fingerprint density at radius 1 is 0.205 bits per heavy atom. The summed E-state index contributed by atoms with van der Waals surface area (Å²) < 4.78 is 22.3. The molecule has 0 aliphatic heterocycles. The van der Waals surface area contributed by atoms with Gasteiger partial charge in [-0.15, -0.1) is 45.3 Å². The molecule has 24 aromatic rings. The van der Waals surface area contributed by atoms with Crippen molar-refractivity contribution in [1.82, 2.24) is 9.97 Å². The number of nitrogens with zero attached hydrogens (tertiary/aromatic N) is 2. The molecule has 8 heterocycles. The van der Waals surface area contributed by atoms with Gasteiger partial charge in [0, 0.05) is 111 Å². The summed E-state index contributed by atoms with van der Waals surface area (Å²) in [6, 6.07) is 134. The molecule has 0 unspecified atom stereocenters. The summed E-state index contributed by atoms with van der Waals surface area (Å²) in [5.41, 5.74) is 24.2. The molecule has 0 atom stereocenters. The van der Waals surface area contributed by atoms with E-state index in [0.29, 0.717) is 0 Å². The van der Waals surface area contributed by atoms with Crippen LogP contribution in [0.25, 0.3) is 169 Å². The highest BCUT2D eigenvalue weighted by Crippen LogP contribution is 2.40. The molecule has 4 nitrogen and oxygen atoms in total. The molecule has 8 aromatic heterocycles. The van der Waals surface area contributed by atoms with E-state index in [2.05, 4.69) is 393 Å². The number of pyridine rings is 2. The fourth-order valence-corrected chi connectivity index (χ4v) is 20.0. The highest BCUT2D eigenvalue weighted by Gasteiger charge is 2.12. The fraction of sp³-hybridized carbons (Fsp3) is 0.0702. The maximum absolute atomic E-state index is 5.78. The van der Waals surface area contributed by atoms with Crippen LogP contribution in [0, 0.1) is 55.4 Å². The van der Waals surface area contributed by atoms with Gasteiger partial charge in [0.15, 0.2) is 0 Å². The van der Waals surface area contributed by atoms with Crippen molar-refractivity contribution < 1.29 is 8.83 Å². The van der Waals surface area contributed by atoms with E-state index in [1.807, 2.05) is 119 Å². The maximum atomic E-state index is 5.78. The SMILES string of the molecule is Cc1ccc(-c2ccc(-c3ccccc3)cc2)cc1.Cc1ccc2oc3ccccc3c2c1.Cc1ccc2sc3ccccc3c2c1.Cc1ccc2sc3cnccc3c2c1.Cc1cccc(-c2ccc(-c3ccccc3)cc2)c1.Cc1cccc2c1oc1ccccc12.Cc1cccc2c1sc1ccccc12.Cc1nccc2c1sc1ccccc12. The highest BCUT2D eigenvalue weighted by atomic mass is 32.1. The Morgan fingerprint density at radius 2 is 0.566 bits per heavy atom. The van der Waals surface area contributed by atoms with Crippen LogP contribution in [-0.2, 0) is 0 Å². The molecular formula is C114H90N2O2S4. The zero-order chi connectivity index (χ0) is 83.4. The Labute approximate surface area is 728 Å². The first kappa shape index (κ1) is 80.7. The predicted molar refractivity (Wildman–Crippen MR) is 533 cm³/mol. The van der Waals surface area contributed by atoms with Crippen molar-refractivity contribution in [3.8, 4) is 44.5 Å². The number of hydrogen-bond acceptors (Lipinski definition) is 8. The molecular weight excluding hydrogens is 1560 g/mol. The third kappa shape index (κ3) is 18.4. The predicted octanol–water partition coefficient (Wildman–Crippen LogP) is 34.7. The van der Waals surface area contributed by atoms with Gasteiger partial charge in [0.1, 0.15) is 22.3 Å². The van der Waals surface area contributed by atoms with Crippen molar-refractivity contribution in [2.75, 3.05) is 0 Å². The van der Waals surface area contributed by atoms with Crippen molar-refractivity contribution in [1.29, 1.82) is 0 Å². The number of rotatable bonds is 4. The van der Waals surface area contributed by atoms with Crippen LogP contribution in [0.3, 0.4) is 0 Å². The van der Waals surface area contributed by atoms with Crippen LogP contribution < -0.4 is 0 Å². The van der Waals surface area contributed by atoms with Crippen LogP contribution >= 0.6 is 45.3 Å². The minimum Gasteiger partial charge on any atom is -0.456 e. The molecule has 0 aliphatic carbocycles. The Balaban J connectivity index is 0.0000000994. The second-order valence-corrected chi connectivity index (χ2v) is 35.0. The van der Waals surface area contributed by atoms with Crippen LogP contribution in [0.15, 0.2) is 410 Å². The summed E-state index contributed by atoms with van der Waals surface area (Å²) in [7, 11) is 0. The Morgan fingerprint density at radius 3 is 1.14 bits per heavy atom. The van der Waals surface area contributed by atoms with Crippen molar-refractivity contribution in [3.05, 3.63) is 445 Å². The van der Waals surface area contributed by atoms with E-state index in [1.165, 1.54) is 186 Å². The van der Waals surface area contributed by atoms with Gasteiger partial charge in [0.05, 0.1) is 15.1 Å². The first-order valence-electron chi connectivity index (χ1n) is 41.2. The molecule has 0 spiro atoms. The lowest BCUT2D eigenvalue weighted by atomic mass is 9.99. The van der Waals surface area contributed by atoms with E-state index in [-0.39, 0.29) is 0 Å². The molecule has 0 amide bonds. The second-order valence-electron chi connectivity index (χ2n) is 30.8. The molecule has 0 radical (unpaired) electrons. The summed E-state index contributed by atoms with van der Waals surface area (Å²) in [6.45, 7) is 16.9. The number of fused-ring (bicyclic) bond motifs is 18. The fourth-order valence-electron chi connectivity index (χ4n) is 15.5. The quantitative estimate of drug-likeness (QED) is 0.176. The normalized spacial score (nSPS) is 11.0. The van der Waals surface area contributed by atoms with Crippen LogP contribution in [0.4, 0.5) is 0 Å². The van der Waals surface area contributed by atoms with Gasteiger partial charge in [-0.3, -0.25) is 9.97 Å². The molecule has 0 fully saturated rings. The van der Waals surface area contributed by atoms with Gasteiger partial charge in [-0.25, -0.2) is 0 Å². The Hall–Kier alpha value is -13.7. The van der Waals surface area contributed by atoms with Crippen molar-refractivity contribution in [2.45, 2.75) is 55.4 Å². The lowest BCUT2D eigenvalue weighted by Crippen LogP contribution is -1.81. The third-order valence-electron chi connectivity index (χ3n) is 21.9. The summed E-state index contributed by atoms with van der Waals surface area (Å²) in [5, 5.41) is 15.7. The van der Waals surface area contributed by atoms with Gasteiger partial charge in [0.25, 0.3) is 0 Å². The monoisotopic (exact) mass is 1650 g/mol. The summed E-state index contributed by atoms with van der Waals surface area (Å²) in [4.78, 5) is 8.45. The van der Waals surface area contributed by atoms with Crippen LogP contribution in [0.5, 0.6) is 0 Å². The van der Waals surface area contributed by atoms with Crippen LogP contribution in [0.2, 0.25) is 0 Å². The molecule has 8 heteroatoms. The number of para-hydroxylation sites is 3. The molecule has 0 N–H and O–H groups in total. The molecule has 16 aromatic carbocycles. The highest BCUT2D eigenvalue weighted by molar-refractivity contribution is 7.27. The first-order valence-corrected chi connectivity index (χ1v) is 44.4. The minimum atomic E-state index is 0.966. The summed E-state index contributed by atoms with van der Waals surface area (Å²) >= 11 is 7.39. The Kier molecular flexibility index (Phi) is 24.7. The molecule has 0 saturated heterocycles. The van der Waals surface area contributed by atoms with E-state index in [9.17, 15) is 0 Å². The standard InChI is InChI=1S/2C19H16.2C13H10O.2C13H10S.2C12H9NS/c1-15-6-5-9-19(14-15)18-12-10-17(11-13-18)16-7-3-2-4-8-16;1-15-7-9-17(10-8-15)19-13-11-18(12-14-19)16-5-3-2-4-6-16;1-9-5-4-7-11-10-6-2-3-8-12(10)14-13(9)11;1-9-6-7-13-11(8-9)10-4-2-3-5-12(10)14-13;1-9-5-4-7-11-10-6-2-3-8-12(10)14-13(9)11;1-9-6-7-13-11(8-9)10-4-2-3-5-12(10)14-13;1-8-2-3-11-10(6-8)9-4-5-13-7-12(9)14-11;1-8-12-10(6-7-13-8)9-4-2-3-5-11(9)14-12/h2*2-14H,1H3;4*2-8H,1H3;2*2-7H,1H3. The number of hydrogen-bond donors (Lipinski definition) is 0. The summed E-state index contributed by atoms with van der Waals surface area (Å²) in [6.07, 6.45) is 5.68. The van der Waals surface area contributed by atoms with Gasteiger partial charge < -0.3 is 8.83 Å².